The van der Waals surface area contributed by atoms with Gasteiger partial charge in [-0.1, -0.05) is 43.5 Å². The summed E-state index contributed by atoms with van der Waals surface area (Å²) in [6.45, 7) is 3.89. The van der Waals surface area contributed by atoms with Crippen LogP contribution in [-0.4, -0.2) is 10.2 Å². The Hall–Kier alpha value is -1.70. The fourth-order valence-electron chi connectivity index (χ4n) is 2.79. The van der Waals surface area contributed by atoms with Crippen LogP contribution in [0.25, 0.3) is 11.3 Å². The van der Waals surface area contributed by atoms with E-state index in [0.29, 0.717) is 5.92 Å². The molecule has 0 saturated heterocycles. The third-order valence-electron chi connectivity index (χ3n) is 3.96. The minimum atomic E-state index is 0.623. The van der Waals surface area contributed by atoms with E-state index in [4.69, 9.17) is 0 Å². The van der Waals surface area contributed by atoms with Crippen LogP contribution in [0.5, 0.6) is 0 Å². The lowest BCUT2D eigenvalue weighted by Gasteiger charge is -2.20. The first kappa shape index (κ1) is 12.3. The summed E-state index contributed by atoms with van der Waals surface area (Å²) in [5, 5.41) is 8.82. The molecule has 1 heterocycles. The molecule has 1 aromatic carbocycles. The molecule has 1 aromatic heterocycles. The summed E-state index contributed by atoms with van der Waals surface area (Å²) < 4.78 is 0. The molecule has 0 aliphatic heterocycles. The van der Waals surface area contributed by atoms with Crippen LogP contribution in [0, 0.1) is 6.92 Å². The molecule has 19 heavy (non-hydrogen) atoms. The van der Waals surface area contributed by atoms with Gasteiger partial charge in [0.2, 0.25) is 0 Å². The van der Waals surface area contributed by atoms with Crippen molar-refractivity contribution in [2.45, 2.75) is 38.0 Å². The molecule has 2 nitrogen and oxygen atoms in total. The fraction of sp³-hybridized carbons (Fsp3) is 0.353. The van der Waals surface area contributed by atoms with E-state index in [9.17, 15) is 0 Å². The molecular weight excluding hydrogens is 232 g/mol. The molecule has 1 aliphatic rings. The van der Waals surface area contributed by atoms with Crippen molar-refractivity contribution in [3.8, 4) is 11.3 Å². The lowest BCUT2D eigenvalue weighted by atomic mass is 9.87. The standard InChI is InChI=1S/C17H19N2/c1-13-7-9-15(10-8-13)17-12-11-16(18-19-17)14-5-3-2-4-6-14/h7-12,14H,1-6H2. The van der Waals surface area contributed by atoms with Gasteiger partial charge in [0.1, 0.15) is 0 Å². The second-order valence-corrected chi connectivity index (χ2v) is 5.38. The number of aromatic nitrogens is 2. The molecule has 3 rings (SSSR count). The molecule has 0 amide bonds. The fourth-order valence-corrected chi connectivity index (χ4v) is 2.79. The Morgan fingerprint density at radius 3 is 2.21 bits per heavy atom. The van der Waals surface area contributed by atoms with Crippen LogP contribution in [-0.2, 0) is 0 Å². The van der Waals surface area contributed by atoms with Crippen LogP contribution in [0.15, 0.2) is 36.4 Å². The molecule has 0 spiro atoms. The molecule has 0 atom stereocenters. The van der Waals surface area contributed by atoms with Crippen molar-refractivity contribution >= 4 is 0 Å². The van der Waals surface area contributed by atoms with Gasteiger partial charge in [-0.2, -0.15) is 10.2 Å². The number of hydrogen-bond donors (Lipinski definition) is 0. The van der Waals surface area contributed by atoms with Crippen molar-refractivity contribution in [1.82, 2.24) is 10.2 Å². The molecule has 1 fully saturated rings. The highest BCUT2D eigenvalue weighted by Gasteiger charge is 2.17. The van der Waals surface area contributed by atoms with Gasteiger partial charge in [-0.3, -0.25) is 0 Å². The van der Waals surface area contributed by atoms with Crippen molar-refractivity contribution in [2.24, 2.45) is 0 Å². The Labute approximate surface area is 114 Å². The SMILES string of the molecule is [CH2]c1ccc(-c2ccc(C3CCCCC3)nn2)cc1. The first-order valence-corrected chi connectivity index (χ1v) is 7.09. The highest BCUT2D eigenvalue weighted by atomic mass is 15.1. The van der Waals surface area contributed by atoms with Gasteiger partial charge < -0.3 is 0 Å². The van der Waals surface area contributed by atoms with Gasteiger partial charge in [-0.05, 0) is 37.5 Å². The van der Waals surface area contributed by atoms with Crippen LogP contribution >= 0.6 is 0 Å². The lowest BCUT2D eigenvalue weighted by Crippen LogP contribution is -2.07. The average Bonchev–Trinajstić information content (AvgIpc) is 2.49. The van der Waals surface area contributed by atoms with E-state index in [1.807, 2.05) is 24.3 Å². The monoisotopic (exact) mass is 251 g/mol. The van der Waals surface area contributed by atoms with Gasteiger partial charge in [0.05, 0.1) is 11.4 Å². The van der Waals surface area contributed by atoms with E-state index < -0.39 is 0 Å². The molecule has 0 unspecified atom stereocenters. The van der Waals surface area contributed by atoms with Crippen molar-refractivity contribution in [3.05, 3.63) is 54.6 Å². The van der Waals surface area contributed by atoms with Crippen LogP contribution < -0.4 is 0 Å². The Bertz CT molecular complexity index is 522. The van der Waals surface area contributed by atoms with Crippen LogP contribution in [0.4, 0.5) is 0 Å². The van der Waals surface area contributed by atoms with E-state index in [1.54, 1.807) is 0 Å². The Kier molecular flexibility index (Phi) is 3.58. The Morgan fingerprint density at radius 1 is 0.842 bits per heavy atom. The zero-order valence-electron chi connectivity index (χ0n) is 11.2. The molecule has 1 radical (unpaired) electrons. The average molecular weight is 251 g/mol. The summed E-state index contributed by atoms with van der Waals surface area (Å²) in [5.41, 5.74) is 4.24. The van der Waals surface area contributed by atoms with E-state index >= 15 is 0 Å². The molecule has 2 aromatic rings. The number of rotatable bonds is 2. The van der Waals surface area contributed by atoms with Gasteiger partial charge in [0.25, 0.3) is 0 Å². The topological polar surface area (TPSA) is 25.8 Å². The molecule has 0 bridgehead atoms. The summed E-state index contributed by atoms with van der Waals surface area (Å²) in [5.74, 6) is 0.623. The highest BCUT2D eigenvalue weighted by molar-refractivity contribution is 5.58. The van der Waals surface area contributed by atoms with Crippen molar-refractivity contribution in [2.75, 3.05) is 0 Å². The van der Waals surface area contributed by atoms with E-state index in [2.05, 4.69) is 29.3 Å². The maximum atomic E-state index is 4.44. The summed E-state index contributed by atoms with van der Waals surface area (Å²) in [4.78, 5) is 0. The molecule has 0 N–H and O–H groups in total. The van der Waals surface area contributed by atoms with Gasteiger partial charge >= 0.3 is 0 Å². The minimum Gasteiger partial charge on any atom is -0.155 e. The van der Waals surface area contributed by atoms with Gasteiger partial charge in [-0.25, -0.2) is 0 Å². The van der Waals surface area contributed by atoms with Gasteiger partial charge in [-0.15, -0.1) is 0 Å². The predicted octanol–water partition coefficient (Wildman–Crippen LogP) is 4.37. The third-order valence-corrected chi connectivity index (χ3v) is 3.96. The molecule has 1 aliphatic carbocycles. The summed E-state index contributed by atoms with van der Waals surface area (Å²) in [6.07, 6.45) is 6.58. The number of hydrogen-bond acceptors (Lipinski definition) is 2. The Morgan fingerprint density at radius 2 is 1.58 bits per heavy atom. The van der Waals surface area contributed by atoms with Crippen LogP contribution in [0.2, 0.25) is 0 Å². The van der Waals surface area contributed by atoms with Gasteiger partial charge in [0, 0.05) is 11.5 Å². The predicted molar refractivity (Wildman–Crippen MR) is 77.8 cm³/mol. The lowest BCUT2D eigenvalue weighted by molar-refractivity contribution is 0.434. The Balaban J connectivity index is 1.80. The third kappa shape index (κ3) is 2.83. The summed E-state index contributed by atoms with van der Waals surface area (Å²) in [7, 11) is 0. The highest BCUT2D eigenvalue weighted by Crippen LogP contribution is 2.31. The normalized spacial score (nSPS) is 16.5. The van der Waals surface area contributed by atoms with E-state index in [-0.39, 0.29) is 0 Å². The molecule has 1 saturated carbocycles. The van der Waals surface area contributed by atoms with Gasteiger partial charge in [0.15, 0.2) is 0 Å². The first-order valence-electron chi connectivity index (χ1n) is 7.09. The largest absolute Gasteiger partial charge is 0.155 e. The molecular formula is C17H19N2. The number of nitrogens with zero attached hydrogens (tertiary/aromatic N) is 2. The molecule has 97 valence electrons. The smallest absolute Gasteiger partial charge is 0.0929 e. The maximum Gasteiger partial charge on any atom is 0.0929 e. The van der Waals surface area contributed by atoms with Crippen LogP contribution in [0.1, 0.15) is 49.3 Å². The summed E-state index contributed by atoms with van der Waals surface area (Å²) >= 11 is 0. The zero-order chi connectivity index (χ0) is 13.1. The maximum absolute atomic E-state index is 4.44. The van der Waals surface area contributed by atoms with E-state index in [0.717, 1.165) is 22.5 Å². The zero-order valence-corrected chi connectivity index (χ0v) is 11.2. The van der Waals surface area contributed by atoms with Crippen molar-refractivity contribution < 1.29 is 0 Å². The van der Waals surface area contributed by atoms with Crippen LogP contribution in [0.3, 0.4) is 0 Å². The summed E-state index contributed by atoms with van der Waals surface area (Å²) in [6, 6.07) is 12.4. The minimum absolute atomic E-state index is 0.623. The molecule has 2 heteroatoms. The van der Waals surface area contributed by atoms with Crippen molar-refractivity contribution in [1.29, 1.82) is 0 Å². The second kappa shape index (κ2) is 5.52. The van der Waals surface area contributed by atoms with Crippen molar-refractivity contribution in [3.63, 3.8) is 0 Å². The second-order valence-electron chi connectivity index (χ2n) is 5.38. The quantitative estimate of drug-likeness (QED) is 0.792. The first-order chi connectivity index (χ1) is 9.33. The number of benzene rings is 1. The van der Waals surface area contributed by atoms with E-state index in [1.165, 1.54) is 32.1 Å².